The number of carbonyl (C=O) groups is 5. The smallest absolute Gasteiger partial charge is 0.353 e. The van der Waals surface area contributed by atoms with E-state index in [-0.39, 0.29) is 24.4 Å². The molecule has 0 aromatic heterocycles. The van der Waals surface area contributed by atoms with Gasteiger partial charge in [0, 0.05) is 24.4 Å². The van der Waals surface area contributed by atoms with Crippen molar-refractivity contribution in [3.05, 3.63) is 28.5 Å². The maximum absolute atomic E-state index is 14.1. The minimum Gasteiger partial charge on any atom is -0.353 e. The van der Waals surface area contributed by atoms with Gasteiger partial charge in [0.15, 0.2) is 0 Å². The van der Waals surface area contributed by atoms with Gasteiger partial charge in [0.25, 0.3) is 11.8 Å². The molecule has 1 heterocycles. The first-order valence-corrected chi connectivity index (χ1v) is 11.9. The van der Waals surface area contributed by atoms with Crippen LogP contribution in [-0.2, 0) is 19.2 Å². The summed E-state index contributed by atoms with van der Waals surface area (Å²) in [5, 5.41) is 9.06. The number of nitrogens with one attached hydrogen (secondary N) is 4. The van der Waals surface area contributed by atoms with Gasteiger partial charge in [0.05, 0.1) is 28.7 Å². The van der Waals surface area contributed by atoms with E-state index in [1.165, 1.54) is 0 Å². The largest absolute Gasteiger partial charge is 0.389 e. The summed E-state index contributed by atoms with van der Waals surface area (Å²) in [7, 11) is 0. The van der Waals surface area contributed by atoms with E-state index in [0.29, 0.717) is 25.3 Å². The molecule has 0 radical (unpaired) electrons. The van der Waals surface area contributed by atoms with Crippen LogP contribution in [0.5, 0.6) is 0 Å². The fraction of sp³-hybridized carbons (Fsp3) is 0.522. The molecule has 1 aliphatic carbocycles. The average Bonchev–Trinajstić information content (AvgIpc) is 3.55. The molecule has 1 unspecified atom stereocenters. The van der Waals surface area contributed by atoms with Crippen LogP contribution in [0.2, 0.25) is 5.02 Å². The van der Waals surface area contributed by atoms with Gasteiger partial charge in [-0.2, -0.15) is 13.2 Å². The Bertz CT molecular complexity index is 1110. The summed E-state index contributed by atoms with van der Waals surface area (Å²) in [6, 6.07) is -0.298. The van der Waals surface area contributed by atoms with E-state index in [4.69, 9.17) is 11.6 Å². The zero-order valence-corrected chi connectivity index (χ0v) is 20.4. The fourth-order valence-corrected chi connectivity index (χ4v) is 4.02. The van der Waals surface area contributed by atoms with Crippen LogP contribution in [0, 0.1) is 11.7 Å². The van der Waals surface area contributed by atoms with Crippen molar-refractivity contribution in [2.24, 2.45) is 5.92 Å². The summed E-state index contributed by atoms with van der Waals surface area (Å²) in [6.45, 7) is 1.75. The van der Waals surface area contributed by atoms with Crippen LogP contribution < -0.4 is 21.3 Å². The lowest BCUT2D eigenvalue weighted by molar-refractivity contribution is -0.142. The van der Waals surface area contributed by atoms with E-state index >= 15 is 0 Å². The number of hydrogen-bond donors (Lipinski definition) is 4. The number of ketones is 1. The minimum absolute atomic E-state index is 0.156. The molecule has 2 aliphatic rings. The van der Waals surface area contributed by atoms with Crippen molar-refractivity contribution >= 4 is 46.7 Å². The van der Waals surface area contributed by atoms with E-state index in [9.17, 15) is 41.5 Å². The molecule has 1 aromatic carbocycles. The van der Waals surface area contributed by atoms with Gasteiger partial charge in [-0.15, -0.1) is 0 Å². The van der Waals surface area contributed by atoms with Crippen molar-refractivity contribution in [3.63, 3.8) is 0 Å². The molecule has 3 rings (SSSR count). The molecule has 1 aromatic rings. The Morgan fingerprint density at radius 1 is 1.19 bits per heavy atom. The van der Waals surface area contributed by atoms with Crippen molar-refractivity contribution in [2.75, 3.05) is 5.32 Å². The Morgan fingerprint density at radius 2 is 1.86 bits per heavy atom. The third-order valence-corrected chi connectivity index (χ3v) is 6.18. The van der Waals surface area contributed by atoms with Crippen LogP contribution >= 0.6 is 11.6 Å². The SMILES string of the molecule is C[C@@H]1C[C@@H](CC(NC(=O)c2cc(Cl)c(F)cc2NC(=O)CCC(F)(F)F)C(=O)C(=O)NC2CC2)C(=O)N1. The lowest BCUT2D eigenvalue weighted by Crippen LogP contribution is -2.49. The van der Waals surface area contributed by atoms with Crippen molar-refractivity contribution in [2.45, 2.75) is 69.8 Å². The van der Waals surface area contributed by atoms with Crippen molar-refractivity contribution in [1.29, 1.82) is 0 Å². The summed E-state index contributed by atoms with van der Waals surface area (Å²) in [4.78, 5) is 62.6. The van der Waals surface area contributed by atoms with Gasteiger partial charge >= 0.3 is 6.18 Å². The van der Waals surface area contributed by atoms with Gasteiger partial charge in [0.2, 0.25) is 17.6 Å². The topological polar surface area (TPSA) is 133 Å². The van der Waals surface area contributed by atoms with E-state index in [1.54, 1.807) is 6.92 Å². The first-order valence-electron chi connectivity index (χ1n) is 11.5. The molecule has 4 N–H and O–H groups in total. The molecular formula is C23H25ClF4N4O5. The van der Waals surface area contributed by atoms with E-state index in [1.807, 2.05) is 0 Å². The predicted molar refractivity (Wildman–Crippen MR) is 123 cm³/mol. The van der Waals surface area contributed by atoms with Crippen molar-refractivity contribution in [1.82, 2.24) is 16.0 Å². The van der Waals surface area contributed by atoms with E-state index in [2.05, 4.69) is 21.3 Å². The standard InChI is InChI=1S/C23H25ClF4N4O5/c1-10-6-11(20(35)29-10)7-17(19(34)22(37)30-12-2-3-12)32-21(36)13-8-14(24)15(25)9-16(13)31-18(33)4-5-23(26,27)28/h8-12,17H,2-7H2,1H3,(H,29,35)(H,30,37)(H,31,33)(H,32,36)/t10-,11+,17?/m1/s1. The molecule has 1 saturated carbocycles. The highest BCUT2D eigenvalue weighted by Crippen LogP contribution is 2.27. The molecule has 9 nitrogen and oxygen atoms in total. The summed E-state index contributed by atoms with van der Waals surface area (Å²) >= 11 is 5.77. The summed E-state index contributed by atoms with van der Waals surface area (Å²) in [5.41, 5.74) is -0.927. The van der Waals surface area contributed by atoms with Crippen LogP contribution in [-0.4, -0.2) is 53.7 Å². The van der Waals surface area contributed by atoms with Crippen LogP contribution in [0.1, 0.15) is 55.8 Å². The number of Topliss-reactive ketones (excluding diaryl/α,β-unsaturated/α-hetero) is 1. The Hall–Kier alpha value is -3.22. The van der Waals surface area contributed by atoms with Crippen molar-refractivity contribution in [3.8, 4) is 0 Å². The molecular weight excluding hydrogens is 524 g/mol. The van der Waals surface area contributed by atoms with Gasteiger partial charge in [0.1, 0.15) is 5.82 Å². The minimum atomic E-state index is -4.61. The highest BCUT2D eigenvalue weighted by atomic mass is 35.5. The lowest BCUT2D eigenvalue weighted by Gasteiger charge is -2.21. The molecule has 14 heteroatoms. The number of benzene rings is 1. The van der Waals surface area contributed by atoms with Crippen LogP contribution in [0.15, 0.2) is 12.1 Å². The van der Waals surface area contributed by atoms with Crippen molar-refractivity contribution < 1.29 is 41.5 Å². The van der Waals surface area contributed by atoms with E-state index in [0.717, 1.165) is 6.07 Å². The number of rotatable bonds is 10. The highest BCUT2D eigenvalue weighted by Gasteiger charge is 2.38. The van der Waals surface area contributed by atoms with Crippen LogP contribution in [0.3, 0.4) is 0 Å². The van der Waals surface area contributed by atoms with Crippen LogP contribution in [0.25, 0.3) is 0 Å². The first-order chi connectivity index (χ1) is 17.2. The van der Waals surface area contributed by atoms with Gasteiger partial charge in [-0.25, -0.2) is 4.39 Å². The average molecular weight is 549 g/mol. The predicted octanol–water partition coefficient (Wildman–Crippen LogP) is 2.62. The number of halogens is 5. The molecule has 3 atom stereocenters. The number of amides is 4. The lowest BCUT2D eigenvalue weighted by atomic mass is 9.93. The number of carbonyl (C=O) groups excluding carboxylic acids is 5. The number of hydrogen-bond acceptors (Lipinski definition) is 5. The molecule has 0 bridgehead atoms. The Kier molecular flexibility index (Phi) is 8.77. The van der Waals surface area contributed by atoms with Crippen LogP contribution in [0.4, 0.5) is 23.2 Å². The van der Waals surface area contributed by atoms with Gasteiger partial charge in [-0.1, -0.05) is 11.6 Å². The highest BCUT2D eigenvalue weighted by molar-refractivity contribution is 6.38. The fourth-order valence-electron chi connectivity index (χ4n) is 3.86. The first kappa shape index (κ1) is 28.4. The van der Waals surface area contributed by atoms with Gasteiger partial charge in [-0.05, 0) is 44.7 Å². The maximum Gasteiger partial charge on any atom is 0.389 e. The Morgan fingerprint density at radius 3 is 2.43 bits per heavy atom. The molecule has 37 heavy (non-hydrogen) atoms. The summed E-state index contributed by atoms with van der Waals surface area (Å²) < 4.78 is 51.4. The molecule has 4 amide bonds. The van der Waals surface area contributed by atoms with E-state index < -0.39 is 76.6 Å². The summed E-state index contributed by atoms with van der Waals surface area (Å²) in [5.74, 6) is -6.25. The molecule has 1 aliphatic heterocycles. The Balaban J connectivity index is 1.82. The third kappa shape index (κ3) is 8.14. The third-order valence-electron chi connectivity index (χ3n) is 5.89. The van der Waals surface area contributed by atoms with Gasteiger partial charge in [-0.3, -0.25) is 24.0 Å². The zero-order valence-electron chi connectivity index (χ0n) is 19.6. The monoisotopic (exact) mass is 548 g/mol. The van der Waals surface area contributed by atoms with Gasteiger partial charge < -0.3 is 21.3 Å². The second-order valence-corrected chi connectivity index (χ2v) is 9.60. The molecule has 0 spiro atoms. The molecule has 2 fully saturated rings. The Labute approximate surface area is 214 Å². The normalized spacial score (nSPS) is 20.1. The molecule has 202 valence electrons. The molecule has 1 saturated heterocycles. The zero-order chi connectivity index (χ0) is 27.5. The second-order valence-electron chi connectivity index (χ2n) is 9.19. The number of alkyl halides is 3. The maximum atomic E-state index is 14.1. The second kappa shape index (κ2) is 11.4. The quantitative estimate of drug-likeness (QED) is 0.263. The summed E-state index contributed by atoms with van der Waals surface area (Å²) in [6.07, 6.45) is -5.49. The number of anilines is 1.